The van der Waals surface area contributed by atoms with Crippen LogP contribution in [0.2, 0.25) is 0 Å². The zero-order valence-corrected chi connectivity index (χ0v) is 10.9. The molecular formula is C13H22N2O2. The van der Waals surface area contributed by atoms with Gasteiger partial charge >= 0.3 is 0 Å². The molecule has 17 heavy (non-hydrogen) atoms. The van der Waals surface area contributed by atoms with Gasteiger partial charge in [0.05, 0.1) is 14.2 Å². The first-order valence-corrected chi connectivity index (χ1v) is 5.85. The summed E-state index contributed by atoms with van der Waals surface area (Å²) in [7, 11) is 3.30. The average molecular weight is 238 g/mol. The molecule has 0 aliphatic carbocycles. The Morgan fingerprint density at radius 3 is 2.41 bits per heavy atom. The van der Waals surface area contributed by atoms with Gasteiger partial charge in [0, 0.05) is 6.54 Å². The van der Waals surface area contributed by atoms with Crippen LogP contribution in [0.4, 0.5) is 0 Å². The molecular weight excluding hydrogens is 216 g/mol. The number of hydrogen-bond donors (Lipinski definition) is 2. The van der Waals surface area contributed by atoms with Crippen molar-refractivity contribution < 1.29 is 9.47 Å². The highest BCUT2D eigenvalue weighted by Crippen LogP contribution is 2.30. The molecule has 0 saturated carbocycles. The molecule has 0 atom stereocenters. The fraction of sp³-hybridized carbons (Fsp3) is 0.538. The monoisotopic (exact) mass is 238 g/mol. The number of nitrogens with two attached hydrogens (primary N) is 1. The number of methoxy groups -OCH3 is 2. The number of ether oxygens (including phenoxy) is 2. The Hall–Kier alpha value is -1.26. The molecule has 1 aromatic rings. The second-order valence-corrected chi connectivity index (χ2v) is 3.95. The Kier molecular flexibility index (Phi) is 5.80. The van der Waals surface area contributed by atoms with Crippen LogP contribution in [0.1, 0.15) is 17.5 Å². The van der Waals surface area contributed by atoms with Gasteiger partial charge in [-0.3, -0.25) is 0 Å². The molecule has 0 amide bonds. The maximum atomic E-state index is 5.44. The van der Waals surface area contributed by atoms with Crippen LogP contribution in [-0.2, 0) is 6.54 Å². The van der Waals surface area contributed by atoms with Gasteiger partial charge in [-0.15, -0.1) is 0 Å². The highest BCUT2D eigenvalue weighted by atomic mass is 16.5. The van der Waals surface area contributed by atoms with E-state index in [0.29, 0.717) is 0 Å². The molecule has 4 nitrogen and oxygen atoms in total. The molecule has 0 saturated heterocycles. The summed E-state index contributed by atoms with van der Waals surface area (Å²) in [5.74, 6) is 1.55. The van der Waals surface area contributed by atoms with E-state index in [1.807, 2.05) is 12.1 Å². The molecule has 0 spiro atoms. The maximum Gasteiger partial charge on any atom is 0.161 e. The number of benzene rings is 1. The first-order chi connectivity index (χ1) is 8.22. The van der Waals surface area contributed by atoms with Gasteiger partial charge in [-0.1, -0.05) is 0 Å². The predicted octanol–water partition coefficient (Wildman–Crippen LogP) is 1.45. The van der Waals surface area contributed by atoms with Crippen molar-refractivity contribution in [3.05, 3.63) is 23.3 Å². The molecule has 0 heterocycles. The molecule has 0 fully saturated rings. The number of nitrogens with one attached hydrogen (secondary N) is 1. The highest BCUT2D eigenvalue weighted by Gasteiger charge is 2.07. The van der Waals surface area contributed by atoms with Crippen LogP contribution in [-0.4, -0.2) is 27.3 Å². The lowest BCUT2D eigenvalue weighted by atomic mass is 10.1. The molecule has 1 aromatic carbocycles. The Bertz CT molecular complexity index is 354. The first-order valence-electron chi connectivity index (χ1n) is 5.85. The number of rotatable bonds is 7. The Morgan fingerprint density at radius 1 is 1.18 bits per heavy atom. The van der Waals surface area contributed by atoms with E-state index in [2.05, 4.69) is 12.2 Å². The van der Waals surface area contributed by atoms with E-state index in [1.54, 1.807) is 14.2 Å². The van der Waals surface area contributed by atoms with Gasteiger partial charge in [0.1, 0.15) is 0 Å². The Labute approximate surface area is 103 Å². The third-order valence-corrected chi connectivity index (χ3v) is 2.72. The predicted molar refractivity (Wildman–Crippen MR) is 69.7 cm³/mol. The fourth-order valence-electron chi connectivity index (χ4n) is 1.66. The lowest BCUT2D eigenvalue weighted by Crippen LogP contribution is -2.18. The zero-order valence-electron chi connectivity index (χ0n) is 10.9. The quantitative estimate of drug-likeness (QED) is 0.706. The zero-order chi connectivity index (χ0) is 12.7. The van der Waals surface area contributed by atoms with Gasteiger partial charge in [-0.25, -0.2) is 0 Å². The minimum atomic E-state index is 0.720. The fourth-order valence-corrected chi connectivity index (χ4v) is 1.66. The highest BCUT2D eigenvalue weighted by molar-refractivity contribution is 5.46. The van der Waals surface area contributed by atoms with E-state index in [1.165, 1.54) is 11.1 Å². The van der Waals surface area contributed by atoms with Crippen LogP contribution in [0.5, 0.6) is 11.5 Å². The van der Waals surface area contributed by atoms with Crippen LogP contribution in [0.15, 0.2) is 12.1 Å². The Morgan fingerprint density at radius 2 is 1.82 bits per heavy atom. The molecule has 0 aliphatic heterocycles. The molecule has 0 aromatic heterocycles. The second-order valence-electron chi connectivity index (χ2n) is 3.95. The minimum Gasteiger partial charge on any atom is -0.493 e. The molecule has 4 heteroatoms. The number of hydrogen-bond acceptors (Lipinski definition) is 4. The van der Waals surface area contributed by atoms with Crippen LogP contribution in [0.3, 0.4) is 0 Å². The second kappa shape index (κ2) is 7.14. The average Bonchev–Trinajstić information content (AvgIpc) is 2.35. The van der Waals surface area contributed by atoms with E-state index < -0.39 is 0 Å². The summed E-state index contributed by atoms with van der Waals surface area (Å²) in [6.07, 6.45) is 0.992. The third kappa shape index (κ3) is 3.91. The van der Waals surface area contributed by atoms with Crippen molar-refractivity contribution in [3.8, 4) is 11.5 Å². The van der Waals surface area contributed by atoms with Crippen LogP contribution in [0.25, 0.3) is 0 Å². The maximum absolute atomic E-state index is 5.44. The SMILES string of the molecule is COc1cc(C)c(CNCCCN)cc1OC. The van der Waals surface area contributed by atoms with E-state index in [4.69, 9.17) is 15.2 Å². The summed E-state index contributed by atoms with van der Waals surface area (Å²) >= 11 is 0. The van der Waals surface area contributed by atoms with Crippen molar-refractivity contribution in [1.82, 2.24) is 5.32 Å². The molecule has 0 bridgehead atoms. The van der Waals surface area contributed by atoms with Gasteiger partial charge in [0.25, 0.3) is 0 Å². The van der Waals surface area contributed by atoms with Gasteiger partial charge in [0.15, 0.2) is 11.5 Å². The van der Waals surface area contributed by atoms with Crippen molar-refractivity contribution in [1.29, 1.82) is 0 Å². The molecule has 0 aliphatic rings. The summed E-state index contributed by atoms with van der Waals surface area (Å²) in [6.45, 7) is 4.55. The van der Waals surface area contributed by atoms with Crippen molar-refractivity contribution in [2.24, 2.45) is 5.73 Å². The lowest BCUT2D eigenvalue weighted by molar-refractivity contribution is 0.354. The largest absolute Gasteiger partial charge is 0.493 e. The van der Waals surface area contributed by atoms with E-state index in [-0.39, 0.29) is 0 Å². The molecule has 3 N–H and O–H groups in total. The van der Waals surface area contributed by atoms with Gasteiger partial charge in [-0.05, 0) is 49.7 Å². The molecule has 0 radical (unpaired) electrons. The standard InChI is InChI=1S/C13H22N2O2/c1-10-7-12(16-2)13(17-3)8-11(10)9-15-6-4-5-14/h7-8,15H,4-6,9,14H2,1-3H3. The van der Waals surface area contributed by atoms with Crippen LogP contribution < -0.4 is 20.5 Å². The summed E-state index contributed by atoms with van der Waals surface area (Å²) in [5.41, 5.74) is 7.86. The van der Waals surface area contributed by atoms with Crippen molar-refractivity contribution >= 4 is 0 Å². The van der Waals surface area contributed by atoms with Gasteiger partial charge in [-0.2, -0.15) is 0 Å². The topological polar surface area (TPSA) is 56.5 Å². The van der Waals surface area contributed by atoms with Crippen molar-refractivity contribution in [2.75, 3.05) is 27.3 Å². The van der Waals surface area contributed by atoms with E-state index in [9.17, 15) is 0 Å². The molecule has 0 unspecified atom stereocenters. The lowest BCUT2D eigenvalue weighted by Gasteiger charge is -2.13. The van der Waals surface area contributed by atoms with Gasteiger partial charge < -0.3 is 20.5 Å². The summed E-state index contributed by atoms with van der Waals surface area (Å²) in [6, 6.07) is 4.02. The third-order valence-electron chi connectivity index (χ3n) is 2.72. The Balaban J connectivity index is 2.71. The number of aryl methyl sites for hydroxylation is 1. The van der Waals surface area contributed by atoms with Crippen LogP contribution >= 0.6 is 0 Å². The van der Waals surface area contributed by atoms with E-state index in [0.717, 1.165) is 37.6 Å². The molecule has 1 rings (SSSR count). The summed E-state index contributed by atoms with van der Waals surface area (Å²) in [5, 5.41) is 3.36. The molecule has 96 valence electrons. The van der Waals surface area contributed by atoms with Crippen molar-refractivity contribution in [3.63, 3.8) is 0 Å². The first kappa shape index (κ1) is 13.8. The normalized spacial score (nSPS) is 10.4. The summed E-state index contributed by atoms with van der Waals surface area (Å²) in [4.78, 5) is 0. The summed E-state index contributed by atoms with van der Waals surface area (Å²) < 4.78 is 10.5. The van der Waals surface area contributed by atoms with Crippen molar-refractivity contribution in [2.45, 2.75) is 19.9 Å². The van der Waals surface area contributed by atoms with Crippen LogP contribution in [0, 0.1) is 6.92 Å². The van der Waals surface area contributed by atoms with Gasteiger partial charge in [0.2, 0.25) is 0 Å². The van der Waals surface area contributed by atoms with E-state index >= 15 is 0 Å². The smallest absolute Gasteiger partial charge is 0.161 e. The minimum absolute atomic E-state index is 0.720.